The molecule has 0 amide bonds. The summed E-state index contributed by atoms with van der Waals surface area (Å²) in [7, 11) is 0. The molecule has 4 rings (SSSR count). The van der Waals surface area contributed by atoms with Crippen molar-refractivity contribution in [2.24, 2.45) is 10.9 Å². The van der Waals surface area contributed by atoms with Crippen LogP contribution in [0, 0.1) is 5.92 Å². The molecular formula is C26H40F3N7. The Morgan fingerprint density at radius 1 is 1.17 bits per heavy atom. The summed E-state index contributed by atoms with van der Waals surface area (Å²) in [5.41, 5.74) is 1.16. The third kappa shape index (κ3) is 7.44. The maximum absolute atomic E-state index is 13.3. The lowest BCUT2D eigenvalue weighted by atomic mass is 9.95. The summed E-state index contributed by atoms with van der Waals surface area (Å²) in [6.45, 7) is 16.7. The smallest absolute Gasteiger partial charge is 0.374 e. The van der Waals surface area contributed by atoms with Crippen molar-refractivity contribution in [1.82, 2.24) is 19.8 Å². The summed E-state index contributed by atoms with van der Waals surface area (Å²) in [4.78, 5) is 18.6. The molecule has 0 atom stereocenters. The van der Waals surface area contributed by atoms with Gasteiger partial charge in [0.05, 0.1) is 0 Å². The molecule has 0 spiro atoms. The molecule has 2 saturated heterocycles. The van der Waals surface area contributed by atoms with Gasteiger partial charge in [-0.15, -0.1) is 0 Å². The fraction of sp³-hybridized carbons (Fsp3) is 0.654. The molecule has 200 valence electrons. The molecule has 0 aliphatic carbocycles. The lowest BCUT2D eigenvalue weighted by molar-refractivity contribution is -0.0934. The van der Waals surface area contributed by atoms with Crippen LogP contribution in [0.15, 0.2) is 35.5 Å². The highest BCUT2D eigenvalue weighted by Gasteiger charge is 2.34. The average Bonchev–Trinajstić information content (AvgIpc) is 3.40. The van der Waals surface area contributed by atoms with Gasteiger partial charge in [0.15, 0.2) is 5.70 Å². The largest absolute Gasteiger partial charge is 0.434 e. The number of allylic oxidation sites excluding steroid dienone is 2. The highest BCUT2D eigenvalue weighted by molar-refractivity contribution is 5.62. The van der Waals surface area contributed by atoms with Gasteiger partial charge in [0.2, 0.25) is 0 Å². The molecule has 1 aromatic heterocycles. The fourth-order valence-corrected chi connectivity index (χ4v) is 5.04. The summed E-state index contributed by atoms with van der Waals surface area (Å²) < 4.78 is 40.0. The number of nitrogens with zero attached hydrogens (tertiary/aromatic N) is 6. The maximum atomic E-state index is 13.3. The Morgan fingerprint density at radius 3 is 2.50 bits per heavy atom. The standard InChI is InChI=1S/C24H34F3N7.C2H6/c1-18-5-6-20-22(31-18)29-17-30-23(20)34-11-7-19(8-12-34)15-33(14-13-32-9-3-4-10-32)16-21(28-2)24(25,26)27;1-2/h16-17,19H,1-15H2,(H,29,30,31);1-2H3/b21-16-;. The Labute approximate surface area is 213 Å². The average molecular weight is 508 g/mol. The molecule has 0 bridgehead atoms. The number of aliphatic imine (C=N–C) groups is 1. The van der Waals surface area contributed by atoms with Crippen molar-refractivity contribution in [3.63, 3.8) is 0 Å². The normalized spacial score (nSPS) is 19.3. The number of hydrogen-bond acceptors (Lipinski definition) is 7. The molecule has 2 fully saturated rings. The third-order valence-electron chi connectivity index (χ3n) is 6.97. The minimum absolute atomic E-state index is 0.306. The van der Waals surface area contributed by atoms with Gasteiger partial charge >= 0.3 is 6.18 Å². The molecule has 3 aliphatic rings. The first-order valence-corrected chi connectivity index (χ1v) is 13.1. The van der Waals surface area contributed by atoms with Crippen molar-refractivity contribution in [3.8, 4) is 0 Å². The molecule has 0 aromatic carbocycles. The monoisotopic (exact) mass is 507 g/mol. The van der Waals surface area contributed by atoms with Crippen molar-refractivity contribution in [1.29, 1.82) is 0 Å². The predicted molar refractivity (Wildman–Crippen MR) is 140 cm³/mol. The van der Waals surface area contributed by atoms with E-state index in [-0.39, 0.29) is 0 Å². The van der Waals surface area contributed by atoms with Gasteiger partial charge in [0.25, 0.3) is 0 Å². The van der Waals surface area contributed by atoms with Crippen LogP contribution in [-0.2, 0) is 6.42 Å². The minimum atomic E-state index is -4.50. The first-order valence-electron chi connectivity index (χ1n) is 13.1. The van der Waals surface area contributed by atoms with E-state index in [0.717, 1.165) is 100 Å². The van der Waals surface area contributed by atoms with Gasteiger partial charge in [-0.25, -0.2) is 9.97 Å². The van der Waals surface area contributed by atoms with Crippen LogP contribution >= 0.6 is 0 Å². The van der Waals surface area contributed by atoms with E-state index in [1.807, 2.05) is 13.8 Å². The van der Waals surface area contributed by atoms with Crippen LogP contribution in [0.4, 0.5) is 24.8 Å². The summed E-state index contributed by atoms with van der Waals surface area (Å²) in [5, 5.41) is 3.25. The summed E-state index contributed by atoms with van der Waals surface area (Å²) in [5.74, 6) is 2.10. The Bertz CT molecular complexity index is 901. The van der Waals surface area contributed by atoms with E-state index in [4.69, 9.17) is 0 Å². The highest BCUT2D eigenvalue weighted by atomic mass is 19.4. The zero-order chi connectivity index (χ0) is 26.1. The van der Waals surface area contributed by atoms with E-state index in [1.54, 1.807) is 11.2 Å². The number of nitrogens with one attached hydrogen (secondary N) is 1. The van der Waals surface area contributed by atoms with Crippen molar-refractivity contribution < 1.29 is 13.2 Å². The Morgan fingerprint density at radius 2 is 1.86 bits per heavy atom. The van der Waals surface area contributed by atoms with E-state index in [0.29, 0.717) is 19.0 Å². The van der Waals surface area contributed by atoms with Gasteiger partial charge < -0.3 is 20.0 Å². The number of likely N-dealkylation sites (tertiary alicyclic amines) is 1. The second-order valence-corrected chi connectivity index (χ2v) is 9.40. The number of anilines is 2. The lowest BCUT2D eigenvalue weighted by Crippen LogP contribution is -2.40. The van der Waals surface area contributed by atoms with Crippen LogP contribution in [0.5, 0.6) is 0 Å². The molecule has 1 N–H and O–H groups in total. The van der Waals surface area contributed by atoms with Crippen molar-refractivity contribution in [3.05, 3.63) is 36.1 Å². The fourth-order valence-electron chi connectivity index (χ4n) is 5.04. The zero-order valence-electron chi connectivity index (χ0n) is 21.7. The van der Waals surface area contributed by atoms with Gasteiger partial charge in [-0.1, -0.05) is 20.4 Å². The van der Waals surface area contributed by atoms with Crippen molar-refractivity contribution >= 4 is 18.4 Å². The minimum Gasteiger partial charge on any atom is -0.374 e. The van der Waals surface area contributed by atoms with Crippen LogP contribution in [0.1, 0.15) is 51.5 Å². The predicted octanol–water partition coefficient (Wildman–Crippen LogP) is 5.09. The molecule has 0 radical (unpaired) electrons. The topological polar surface area (TPSA) is 59.9 Å². The van der Waals surface area contributed by atoms with Crippen LogP contribution < -0.4 is 10.2 Å². The third-order valence-corrected chi connectivity index (χ3v) is 6.97. The number of alkyl halides is 3. The number of fused-ring (bicyclic) bond motifs is 1. The van der Waals surface area contributed by atoms with Gasteiger partial charge in [-0.05, 0) is 64.2 Å². The molecule has 3 aliphatic heterocycles. The number of halogens is 3. The van der Waals surface area contributed by atoms with Crippen LogP contribution in [0.2, 0.25) is 0 Å². The molecule has 0 unspecified atom stereocenters. The van der Waals surface area contributed by atoms with E-state index in [1.165, 1.54) is 0 Å². The van der Waals surface area contributed by atoms with Crippen LogP contribution in [-0.4, -0.2) is 78.5 Å². The molecule has 10 heteroatoms. The van der Waals surface area contributed by atoms with E-state index >= 15 is 0 Å². The second kappa shape index (κ2) is 13.1. The van der Waals surface area contributed by atoms with Crippen molar-refractivity contribution in [2.45, 2.75) is 58.5 Å². The van der Waals surface area contributed by atoms with Crippen LogP contribution in [0.3, 0.4) is 0 Å². The number of piperidine rings is 1. The molecule has 4 heterocycles. The van der Waals surface area contributed by atoms with E-state index in [2.05, 4.69) is 43.4 Å². The van der Waals surface area contributed by atoms with Gasteiger partial charge in [-0.3, -0.25) is 4.99 Å². The molecule has 1 aromatic rings. The van der Waals surface area contributed by atoms with Crippen LogP contribution in [0.25, 0.3) is 0 Å². The molecule has 0 saturated carbocycles. The quantitative estimate of drug-likeness (QED) is 0.495. The lowest BCUT2D eigenvalue weighted by Gasteiger charge is -2.37. The van der Waals surface area contributed by atoms with Gasteiger partial charge in [0, 0.05) is 50.2 Å². The first kappa shape index (κ1) is 28.0. The Hall–Kier alpha value is -2.62. The van der Waals surface area contributed by atoms with Crippen molar-refractivity contribution in [2.75, 3.05) is 56.0 Å². The molecule has 7 nitrogen and oxygen atoms in total. The molecule has 36 heavy (non-hydrogen) atoms. The summed E-state index contributed by atoms with van der Waals surface area (Å²) >= 11 is 0. The maximum Gasteiger partial charge on any atom is 0.434 e. The number of rotatable bonds is 8. The van der Waals surface area contributed by atoms with Gasteiger partial charge in [-0.2, -0.15) is 13.2 Å². The summed E-state index contributed by atoms with van der Waals surface area (Å²) in [6.07, 6.45) is 4.09. The van der Waals surface area contributed by atoms with Gasteiger partial charge in [0.1, 0.15) is 18.0 Å². The number of aromatic nitrogens is 2. The van der Waals surface area contributed by atoms with E-state index in [9.17, 15) is 13.2 Å². The second-order valence-electron chi connectivity index (χ2n) is 9.40. The summed E-state index contributed by atoms with van der Waals surface area (Å²) in [6, 6.07) is 0. The highest BCUT2D eigenvalue weighted by Crippen LogP contribution is 2.33. The first-order chi connectivity index (χ1) is 17.3. The Kier molecular flexibility index (Phi) is 10.2. The Balaban J connectivity index is 0.00000176. The molecular weight excluding hydrogens is 467 g/mol. The zero-order valence-corrected chi connectivity index (χ0v) is 21.7. The SMILES string of the molecule is C=N/C(=C\N(CCN1CCCC1)CC1CCN(c2ncnc3c2CCC(=C)N3)CC1)C(F)(F)F.CC. The van der Waals surface area contributed by atoms with E-state index < -0.39 is 11.9 Å². The number of hydrogen-bond donors (Lipinski definition) is 1.